The number of Topliss-reactive ketones (excluding diaryl/α,β-unsaturated/α-hetero) is 1. The second-order valence-corrected chi connectivity index (χ2v) is 5.39. The van der Waals surface area contributed by atoms with Gasteiger partial charge in [0.15, 0.2) is 0 Å². The second kappa shape index (κ2) is 3.55. The lowest BCUT2D eigenvalue weighted by atomic mass is 9.78. The number of hydrogen-bond donors (Lipinski definition) is 0. The molecule has 1 saturated carbocycles. The van der Waals surface area contributed by atoms with E-state index in [-0.39, 0.29) is 0 Å². The molecule has 2 aliphatic carbocycles. The average Bonchev–Trinajstić information content (AvgIpc) is 2.72. The first-order valence-electron chi connectivity index (χ1n) is 6.54. The van der Waals surface area contributed by atoms with Crippen LogP contribution in [0.1, 0.15) is 35.4 Å². The highest BCUT2D eigenvalue weighted by Crippen LogP contribution is 2.40. The fraction of sp³-hybridized carbons (Fsp3) is 0.235. The monoisotopic (exact) mass is 234 g/mol. The summed E-state index contributed by atoms with van der Waals surface area (Å²) in [7, 11) is 0. The van der Waals surface area contributed by atoms with E-state index in [1.807, 2.05) is 0 Å². The van der Waals surface area contributed by atoms with E-state index in [9.17, 15) is 4.79 Å². The summed E-state index contributed by atoms with van der Waals surface area (Å²) < 4.78 is 0. The Bertz CT molecular complexity index is 646. The van der Waals surface area contributed by atoms with Crippen LogP contribution in [0, 0.1) is 0 Å². The van der Waals surface area contributed by atoms with Crippen LogP contribution in [0.3, 0.4) is 0 Å². The van der Waals surface area contributed by atoms with Crippen molar-refractivity contribution in [1.29, 1.82) is 0 Å². The zero-order valence-electron chi connectivity index (χ0n) is 10.1. The standard InChI is InChI=1S/C17H14O/c18-15-9-13(10-15)11-5-6-17-14(7-11)8-12-3-1-2-4-16(12)17/h1-7,13H,8-10H2. The molecule has 0 spiro atoms. The number of rotatable bonds is 1. The highest BCUT2D eigenvalue weighted by molar-refractivity contribution is 5.86. The summed E-state index contributed by atoms with van der Waals surface area (Å²) >= 11 is 0. The summed E-state index contributed by atoms with van der Waals surface area (Å²) in [5.74, 6) is 0.885. The molecule has 0 N–H and O–H groups in total. The van der Waals surface area contributed by atoms with Gasteiger partial charge in [0.2, 0.25) is 0 Å². The zero-order valence-corrected chi connectivity index (χ0v) is 10.1. The van der Waals surface area contributed by atoms with E-state index in [0.717, 1.165) is 19.3 Å². The predicted molar refractivity (Wildman–Crippen MR) is 71.7 cm³/mol. The molecule has 0 atom stereocenters. The van der Waals surface area contributed by atoms with Crippen molar-refractivity contribution >= 4 is 5.78 Å². The SMILES string of the molecule is O=C1CC(c2ccc3c(c2)Cc2ccccc2-3)C1. The molecule has 1 heteroatoms. The van der Waals surface area contributed by atoms with Crippen molar-refractivity contribution in [2.75, 3.05) is 0 Å². The summed E-state index contributed by atoms with van der Waals surface area (Å²) in [6, 6.07) is 15.4. The third-order valence-electron chi connectivity index (χ3n) is 4.24. The molecule has 18 heavy (non-hydrogen) atoms. The number of carbonyl (C=O) groups is 1. The Labute approximate surface area is 106 Å². The molecule has 2 aliphatic rings. The summed E-state index contributed by atoms with van der Waals surface area (Å²) in [5.41, 5.74) is 6.95. The van der Waals surface area contributed by atoms with Crippen molar-refractivity contribution in [2.24, 2.45) is 0 Å². The van der Waals surface area contributed by atoms with Gasteiger partial charge in [-0.05, 0) is 40.2 Å². The lowest BCUT2D eigenvalue weighted by Gasteiger charge is -2.24. The van der Waals surface area contributed by atoms with Crippen molar-refractivity contribution in [3.63, 3.8) is 0 Å². The van der Waals surface area contributed by atoms with Gasteiger partial charge in [0.25, 0.3) is 0 Å². The smallest absolute Gasteiger partial charge is 0.134 e. The van der Waals surface area contributed by atoms with Gasteiger partial charge in [-0.2, -0.15) is 0 Å². The van der Waals surface area contributed by atoms with E-state index in [1.54, 1.807) is 0 Å². The van der Waals surface area contributed by atoms with Crippen molar-refractivity contribution in [1.82, 2.24) is 0 Å². The molecule has 4 rings (SSSR count). The van der Waals surface area contributed by atoms with Gasteiger partial charge >= 0.3 is 0 Å². The Morgan fingerprint density at radius 3 is 2.50 bits per heavy atom. The van der Waals surface area contributed by atoms with Crippen molar-refractivity contribution < 1.29 is 4.79 Å². The van der Waals surface area contributed by atoms with Crippen LogP contribution in [0.15, 0.2) is 42.5 Å². The van der Waals surface area contributed by atoms with Crippen molar-refractivity contribution in [3.05, 3.63) is 59.2 Å². The van der Waals surface area contributed by atoms with Gasteiger partial charge in [-0.1, -0.05) is 42.5 Å². The summed E-state index contributed by atoms with van der Waals surface area (Å²) in [6.45, 7) is 0. The summed E-state index contributed by atoms with van der Waals surface area (Å²) in [4.78, 5) is 11.1. The third-order valence-corrected chi connectivity index (χ3v) is 4.24. The molecule has 0 aromatic heterocycles. The fourth-order valence-electron chi connectivity index (χ4n) is 3.14. The van der Waals surface area contributed by atoms with Crippen molar-refractivity contribution in [2.45, 2.75) is 25.2 Å². The highest BCUT2D eigenvalue weighted by atomic mass is 16.1. The summed E-state index contributed by atoms with van der Waals surface area (Å²) in [5, 5.41) is 0. The van der Waals surface area contributed by atoms with Gasteiger partial charge in [-0.25, -0.2) is 0 Å². The van der Waals surface area contributed by atoms with E-state index in [2.05, 4.69) is 42.5 Å². The molecule has 0 unspecified atom stereocenters. The van der Waals surface area contributed by atoms with Crippen LogP contribution in [0.5, 0.6) is 0 Å². The number of hydrogen-bond acceptors (Lipinski definition) is 1. The molecular formula is C17H14O. The molecule has 0 amide bonds. The predicted octanol–water partition coefficient (Wildman–Crippen LogP) is 3.70. The van der Waals surface area contributed by atoms with E-state index in [1.165, 1.54) is 27.8 Å². The molecule has 0 radical (unpaired) electrons. The van der Waals surface area contributed by atoms with Crippen LogP contribution < -0.4 is 0 Å². The molecule has 0 saturated heterocycles. The van der Waals surface area contributed by atoms with Crippen LogP contribution in [-0.2, 0) is 11.2 Å². The van der Waals surface area contributed by atoms with Gasteiger partial charge in [-0.15, -0.1) is 0 Å². The molecule has 0 bridgehead atoms. The lowest BCUT2D eigenvalue weighted by Crippen LogP contribution is -2.21. The van der Waals surface area contributed by atoms with Crippen LogP contribution in [-0.4, -0.2) is 5.78 Å². The average molecular weight is 234 g/mol. The first kappa shape index (κ1) is 10.1. The molecule has 1 fully saturated rings. The maximum atomic E-state index is 11.1. The fourth-order valence-corrected chi connectivity index (χ4v) is 3.14. The van der Waals surface area contributed by atoms with Gasteiger partial charge < -0.3 is 0 Å². The van der Waals surface area contributed by atoms with Crippen molar-refractivity contribution in [3.8, 4) is 11.1 Å². The Hall–Kier alpha value is -1.89. The Balaban J connectivity index is 1.75. The largest absolute Gasteiger partial charge is 0.300 e. The van der Waals surface area contributed by atoms with Crippen LogP contribution >= 0.6 is 0 Å². The number of ketones is 1. The zero-order chi connectivity index (χ0) is 12.1. The Kier molecular flexibility index (Phi) is 1.99. The minimum atomic E-state index is 0.406. The minimum absolute atomic E-state index is 0.406. The molecule has 1 nitrogen and oxygen atoms in total. The maximum absolute atomic E-state index is 11.1. The number of carbonyl (C=O) groups excluding carboxylic acids is 1. The van der Waals surface area contributed by atoms with Gasteiger partial charge in [0.05, 0.1) is 0 Å². The topological polar surface area (TPSA) is 17.1 Å². The Morgan fingerprint density at radius 1 is 0.889 bits per heavy atom. The normalized spacial score (nSPS) is 17.2. The van der Waals surface area contributed by atoms with E-state index >= 15 is 0 Å². The molecular weight excluding hydrogens is 220 g/mol. The summed E-state index contributed by atoms with van der Waals surface area (Å²) in [6.07, 6.45) is 2.53. The third kappa shape index (κ3) is 1.37. The molecule has 2 aromatic rings. The highest BCUT2D eigenvalue weighted by Gasteiger charge is 2.29. The molecule has 0 heterocycles. The minimum Gasteiger partial charge on any atom is -0.300 e. The first-order chi connectivity index (χ1) is 8.81. The second-order valence-electron chi connectivity index (χ2n) is 5.39. The van der Waals surface area contributed by atoms with Crippen LogP contribution in [0.4, 0.5) is 0 Å². The van der Waals surface area contributed by atoms with E-state index in [4.69, 9.17) is 0 Å². The first-order valence-corrected chi connectivity index (χ1v) is 6.54. The molecule has 88 valence electrons. The number of benzene rings is 2. The quantitative estimate of drug-likeness (QED) is 0.627. The van der Waals surface area contributed by atoms with E-state index < -0.39 is 0 Å². The van der Waals surface area contributed by atoms with Gasteiger partial charge in [0.1, 0.15) is 5.78 Å². The lowest BCUT2D eigenvalue weighted by molar-refractivity contribution is -0.124. The Morgan fingerprint density at radius 2 is 1.67 bits per heavy atom. The van der Waals surface area contributed by atoms with Gasteiger partial charge in [-0.3, -0.25) is 4.79 Å². The van der Waals surface area contributed by atoms with Crippen LogP contribution in [0.25, 0.3) is 11.1 Å². The van der Waals surface area contributed by atoms with E-state index in [0.29, 0.717) is 11.7 Å². The van der Waals surface area contributed by atoms with Gasteiger partial charge in [0, 0.05) is 12.8 Å². The molecule has 0 aliphatic heterocycles. The number of fused-ring (bicyclic) bond motifs is 3. The molecule has 2 aromatic carbocycles. The van der Waals surface area contributed by atoms with Crippen LogP contribution in [0.2, 0.25) is 0 Å². The maximum Gasteiger partial charge on any atom is 0.134 e.